The van der Waals surface area contributed by atoms with Crippen LogP contribution in [0.3, 0.4) is 0 Å². The van der Waals surface area contributed by atoms with Crippen LogP contribution in [-0.4, -0.2) is 11.1 Å². The molecule has 0 aliphatic heterocycles. The molecule has 0 fully saturated rings. The number of carbonyl (C=O) groups is 1. The molecule has 1 rings (SSSR count). The van der Waals surface area contributed by atoms with Crippen molar-refractivity contribution in [2.75, 3.05) is 0 Å². The summed E-state index contributed by atoms with van der Waals surface area (Å²) in [4.78, 5) is 14.2. The van der Waals surface area contributed by atoms with Crippen molar-refractivity contribution in [3.63, 3.8) is 0 Å². The molecular formula is C7H7BrN2O2. The summed E-state index contributed by atoms with van der Waals surface area (Å²) in [6.07, 6.45) is -0.795. The van der Waals surface area contributed by atoms with Crippen molar-refractivity contribution in [3.05, 3.63) is 28.5 Å². The third-order valence-electron chi connectivity index (χ3n) is 1.14. The first-order valence-electron chi connectivity index (χ1n) is 3.22. The lowest BCUT2D eigenvalue weighted by atomic mass is 10.4. The highest BCUT2D eigenvalue weighted by Crippen LogP contribution is 2.06. The molecule has 0 saturated heterocycles. The number of hydrogen-bond acceptors (Lipinski definition) is 3. The van der Waals surface area contributed by atoms with Crippen molar-refractivity contribution in [3.8, 4) is 0 Å². The van der Waals surface area contributed by atoms with Crippen LogP contribution in [-0.2, 0) is 11.3 Å². The van der Waals surface area contributed by atoms with Crippen LogP contribution in [0, 0.1) is 0 Å². The highest BCUT2D eigenvalue weighted by molar-refractivity contribution is 9.10. The fraction of sp³-hybridized carbons (Fsp3) is 0.143. The van der Waals surface area contributed by atoms with Gasteiger partial charge in [0, 0.05) is 0 Å². The molecule has 64 valence electrons. The molecule has 0 aliphatic carbocycles. The number of nitrogens with zero attached hydrogens (tertiary/aromatic N) is 1. The smallest absolute Gasteiger partial charge is 0.404 e. The lowest BCUT2D eigenvalue weighted by Gasteiger charge is -2.00. The molecule has 0 aliphatic rings. The number of pyridine rings is 1. The van der Waals surface area contributed by atoms with Gasteiger partial charge in [-0.1, -0.05) is 6.07 Å². The van der Waals surface area contributed by atoms with E-state index in [1.54, 1.807) is 18.2 Å². The molecule has 12 heavy (non-hydrogen) atoms. The number of ether oxygens (including phenoxy) is 1. The fourth-order valence-corrected chi connectivity index (χ4v) is 1.06. The first-order valence-corrected chi connectivity index (χ1v) is 4.01. The number of hydrogen-bond donors (Lipinski definition) is 1. The van der Waals surface area contributed by atoms with Crippen molar-refractivity contribution in [2.24, 2.45) is 5.73 Å². The third kappa shape index (κ3) is 2.87. The Morgan fingerprint density at radius 2 is 2.42 bits per heavy atom. The predicted molar refractivity (Wildman–Crippen MR) is 46.3 cm³/mol. The number of rotatable bonds is 2. The maximum atomic E-state index is 10.2. The van der Waals surface area contributed by atoms with Crippen LogP contribution in [0.15, 0.2) is 22.8 Å². The minimum atomic E-state index is -0.795. The zero-order valence-corrected chi connectivity index (χ0v) is 7.74. The van der Waals surface area contributed by atoms with E-state index in [1.165, 1.54) is 0 Å². The SMILES string of the molecule is NC(=O)OCc1cccc(Br)n1. The minimum absolute atomic E-state index is 0.106. The molecule has 0 saturated carbocycles. The summed E-state index contributed by atoms with van der Waals surface area (Å²) in [6.45, 7) is 0.106. The van der Waals surface area contributed by atoms with Crippen LogP contribution >= 0.6 is 15.9 Å². The lowest BCUT2D eigenvalue weighted by Crippen LogP contribution is -2.13. The van der Waals surface area contributed by atoms with Crippen LogP contribution in [0.4, 0.5) is 4.79 Å². The maximum Gasteiger partial charge on any atom is 0.404 e. The highest BCUT2D eigenvalue weighted by atomic mass is 79.9. The molecule has 1 aromatic rings. The summed E-state index contributed by atoms with van der Waals surface area (Å²) in [5.74, 6) is 0. The molecule has 1 aromatic heterocycles. The van der Waals surface area contributed by atoms with Crippen molar-refractivity contribution in [2.45, 2.75) is 6.61 Å². The number of nitrogens with two attached hydrogens (primary N) is 1. The lowest BCUT2D eigenvalue weighted by molar-refractivity contribution is 0.149. The Balaban J connectivity index is 2.57. The summed E-state index contributed by atoms with van der Waals surface area (Å²) in [5, 5.41) is 0. The monoisotopic (exact) mass is 230 g/mol. The van der Waals surface area contributed by atoms with Crippen molar-refractivity contribution >= 4 is 22.0 Å². The Labute approximate surface area is 77.9 Å². The molecule has 1 heterocycles. The van der Waals surface area contributed by atoms with Crippen LogP contribution < -0.4 is 5.73 Å². The normalized spacial score (nSPS) is 9.42. The molecule has 5 heteroatoms. The van der Waals surface area contributed by atoms with Gasteiger partial charge < -0.3 is 10.5 Å². The summed E-state index contributed by atoms with van der Waals surface area (Å²) in [7, 11) is 0. The topological polar surface area (TPSA) is 65.2 Å². The number of carbonyl (C=O) groups excluding carboxylic acids is 1. The molecule has 4 nitrogen and oxygen atoms in total. The Morgan fingerprint density at radius 1 is 1.67 bits per heavy atom. The first kappa shape index (κ1) is 8.99. The Kier molecular flexibility index (Phi) is 3.04. The standard InChI is InChI=1S/C7H7BrN2O2/c8-6-3-1-2-5(10-6)4-12-7(9)11/h1-3H,4H2,(H2,9,11). The Hall–Kier alpha value is -1.10. The summed E-state index contributed by atoms with van der Waals surface area (Å²) < 4.78 is 5.24. The average Bonchev–Trinajstić information content (AvgIpc) is 2.01. The van der Waals surface area contributed by atoms with E-state index in [0.717, 1.165) is 0 Å². The van der Waals surface area contributed by atoms with Crippen LogP contribution in [0.25, 0.3) is 0 Å². The van der Waals surface area contributed by atoms with E-state index in [9.17, 15) is 4.79 Å². The van der Waals surface area contributed by atoms with Gasteiger partial charge in [-0.25, -0.2) is 9.78 Å². The second kappa shape index (κ2) is 4.06. The van der Waals surface area contributed by atoms with Gasteiger partial charge in [-0.3, -0.25) is 0 Å². The van der Waals surface area contributed by atoms with E-state index in [-0.39, 0.29) is 6.61 Å². The Morgan fingerprint density at radius 3 is 3.00 bits per heavy atom. The fourth-order valence-electron chi connectivity index (χ4n) is 0.676. The highest BCUT2D eigenvalue weighted by Gasteiger charge is 1.97. The number of amides is 1. The summed E-state index contributed by atoms with van der Waals surface area (Å²) in [6, 6.07) is 5.33. The third-order valence-corrected chi connectivity index (χ3v) is 1.58. The van der Waals surface area contributed by atoms with Gasteiger partial charge >= 0.3 is 6.09 Å². The van der Waals surface area contributed by atoms with Crippen LogP contribution in [0.1, 0.15) is 5.69 Å². The second-order valence-corrected chi connectivity index (χ2v) is 2.87. The number of primary amides is 1. The van der Waals surface area contributed by atoms with E-state index in [4.69, 9.17) is 5.73 Å². The molecule has 0 unspecified atom stereocenters. The zero-order valence-electron chi connectivity index (χ0n) is 6.16. The van der Waals surface area contributed by atoms with E-state index in [2.05, 4.69) is 25.7 Å². The molecule has 0 bridgehead atoms. The van der Waals surface area contributed by atoms with Gasteiger partial charge in [0.2, 0.25) is 0 Å². The van der Waals surface area contributed by atoms with Crippen molar-refractivity contribution in [1.29, 1.82) is 0 Å². The minimum Gasteiger partial charge on any atom is -0.443 e. The molecule has 0 atom stereocenters. The Bertz CT molecular complexity index is 290. The van der Waals surface area contributed by atoms with Crippen LogP contribution in [0.5, 0.6) is 0 Å². The maximum absolute atomic E-state index is 10.2. The van der Waals surface area contributed by atoms with E-state index in [0.29, 0.717) is 10.3 Å². The molecule has 1 amide bonds. The molecule has 0 aromatic carbocycles. The second-order valence-electron chi connectivity index (χ2n) is 2.06. The molecule has 2 N–H and O–H groups in total. The molecule has 0 radical (unpaired) electrons. The summed E-state index contributed by atoms with van der Waals surface area (Å²) in [5.41, 5.74) is 5.43. The van der Waals surface area contributed by atoms with Gasteiger partial charge in [-0.05, 0) is 28.1 Å². The predicted octanol–water partition coefficient (Wildman–Crippen LogP) is 1.44. The van der Waals surface area contributed by atoms with E-state index in [1.807, 2.05) is 0 Å². The van der Waals surface area contributed by atoms with Crippen molar-refractivity contribution < 1.29 is 9.53 Å². The average molecular weight is 231 g/mol. The van der Waals surface area contributed by atoms with Gasteiger partial charge in [0.25, 0.3) is 0 Å². The first-order chi connectivity index (χ1) is 5.68. The number of halogens is 1. The largest absolute Gasteiger partial charge is 0.443 e. The van der Waals surface area contributed by atoms with Crippen LogP contribution in [0.2, 0.25) is 0 Å². The van der Waals surface area contributed by atoms with Crippen molar-refractivity contribution in [1.82, 2.24) is 4.98 Å². The molecular weight excluding hydrogens is 224 g/mol. The van der Waals surface area contributed by atoms with E-state index >= 15 is 0 Å². The van der Waals surface area contributed by atoms with E-state index < -0.39 is 6.09 Å². The van der Waals surface area contributed by atoms with Gasteiger partial charge in [0.15, 0.2) is 0 Å². The van der Waals surface area contributed by atoms with Gasteiger partial charge in [-0.2, -0.15) is 0 Å². The number of aromatic nitrogens is 1. The molecule has 0 spiro atoms. The quantitative estimate of drug-likeness (QED) is 0.783. The zero-order chi connectivity index (χ0) is 8.97. The van der Waals surface area contributed by atoms with Gasteiger partial charge in [0.1, 0.15) is 11.2 Å². The van der Waals surface area contributed by atoms with Gasteiger partial charge in [-0.15, -0.1) is 0 Å². The van der Waals surface area contributed by atoms with Gasteiger partial charge in [0.05, 0.1) is 5.69 Å². The summed E-state index contributed by atoms with van der Waals surface area (Å²) >= 11 is 3.19.